The van der Waals surface area contributed by atoms with Gasteiger partial charge in [0.05, 0.1) is 6.07 Å². The van der Waals surface area contributed by atoms with Crippen molar-refractivity contribution in [1.82, 2.24) is 9.80 Å². The van der Waals surface area contributed by atoms with Crippen LogP contribution in [0.1, 0.15) is 6.92 Å². The lowest BCUT2D eigenvalue weighted by Crippen LogP contribution is -2.49. The second-order valence-electron chi connectivity index (χ2n) is 3.32. The van der Waals surface area contributed by atoms with E-state index in [0.717, 1.165) is 6.41 Å². The highest BCUT2D eigenvalue weighted by Gasteiger charge is 2.23. The Morgan fingerprint density at radius 2 is 2.00 bits per heavy atom. The Hall–Kier alpha value is -1.57. The van der Waals surface area contributed by atoms with Crippen molar-refractivity contribution in [2.75, 3.05) is 26.2 Å². The Morgan fingerprint density at radius 3 is 2.43 bits per heavy atom. The first-order chi connectivity index (χ1) is 6.69. The van der Waals surface area contributed by atoms with E-state index < -0.39 is 5.92 Å². The molecule has 0 aromatic carbocycles. The van der Waals surface area contributed by atoms with Gasteiger partial charge in [0.25, 0.3) is 0 Å². The van der Waals surface area contributed by atoms with Crippen LogP contribution in [0.2, 0.25) is 0 Å². The molecule has 0 radical (unpaired) electrons. The van der Waals surface area contributed by atoms with E-state index in [1.807, 2.05) is 6.07 Å². The molecule has 0 bridgehead atoms. The van der Waals surface area contributed by atoms with E-state index in [1.54, 1.807) is 16.7 Å². The maximum atomic E-state index is 11.5. The van der Waals surface area contributed by atoms with Crippen molar-refractivity contribution in [3.05, 3.63) is 0 Å². The van der Waals surface area contributed by atoms with Crippen LogP contribution in [0.5, 0.6) is 0 Å². The van der Waals surface area contributed by atoms with Gasteiger partial charge in [0.2, 0.25) is 12.3 Å². The quantitative estimate of drug-likeness (QED) is 0.555. The lowest BCUT2D eigenvalue weighted by atomic mass is 10.1. The minimum atomic E-state index is -0.585. The largest absolute Gasteiger partial charge is 0.342 e. The van der Waals surface area contributed by atoms with Gasteiger partial charge in [0, 0.05) is 26.2 Å². The molecule has 1 heterocycles. The molecule has 1 fully saturated rings. The zero-order valence-electron chi connectivity index (χ0n) is 8.14. The zero-order valence-corrected chi connectivity index (χ0v) is 8.14. The topological polar surface area (TPSA) is 64.4 Å². The number of nitrogens with zero attached hydrogens (tertiary/aromatic N) is 3. The van der Waals surface area contributed by atoms with Crippen LogP contribution in [0, 0.1) is 17.2 Å². The van der Waals surface area contributed by atoms with Crippen LogP contribution < -0.4 is 0 Å². The lowest BCUT2D eigenvalue weighted by molar-refractivity contribution is -0.137. The number of hydrogen-bond donors (Lipinski definition) is 0. The third-order valence-corrected chi connectivity index (χ3v) is 2.34. The molecule has 0 N–H and O–H groups in total. The fraction of sp³-hybridized carbons (Fsp3) is 0.667. The third kappa shape index (κ3) is 2.22. The average molecular weight is 195 g/mol. The third-order valence-electron chi connectivity index (χ3n) is 2.34. The van der Waals surface area contributed by atoms with E-state index in [1.165, 1.54) is 0 Å². The van der Waals surface area contributed by atoms with E-state index in [9.17, 15) is 9.59 Å². The van der Waals surface area contributed by atoms with Crippen LogP contribution in [0.25, 0.3) is 0 Å². The number of carbonyl (C=O) groups excluding carboxylic acids is 2. The summed E-state index contributed by atoms with van der Waals surface area (Å²) in [4.78, 5) is 25.2. The Labute approximate surface area is 82.9 Å². The molecule has 1 atom stereocenters. The van der Waals surface area contributed by atoms with Crippen molar-refractivity contribution in [3.8, 4) is 6.07 Å². The molecule has 1 unspecified atom stereocenters. The Morgan fingerprint density at radius 1 is 1.43 bits per heavy atom. The van der Waals surface area contributed by atoms with Crippen molar-refractivity contribution in [2.45, 2.75) is 6.92 Å². The van der Waals surface area contributed by atoms with Gasteiger partial charge in [-0.05, 0) is 6.92 Å². The van der Waals surface area contributed by atoms with Crippen molar-refractivity contribution < 1.29 is 9.59 Å². The Bertz CT molecular complexity index is 264. The second-order valence-corrected chi connectivity index (χ2v) is 3.32. The van der Waals surface area contributed by atoms with E-state index >= 15 is 0 Å². The average Bonchev–Trinajstić information content (AvgIpc) is 2.27. The van der Waals surface area contributed by atoms with E-state index in [0.29, 0.717) is 26.2 Å². The van der Waals surface area contributed by atoms with Gasteiger partial charge in [0.15, 0.2) is 0 Å². The van der Waals surface area contributed by atoms with Gasteiger partial charge in [0.1, 0.15) is 5.92 Å². The Kier molecular flexibility index (Phi) is 3.46. The lowest BCUT2D eigenvalue weighted by Gasteiger charge is -2.33. The maximum Gasteiger partial charge on any atom is 0.239 e. The van der Waals surface area contributed by atoms with Crippen LogP contribution >= 0.6 is 0 Å². The van der Waals surface area contributed by atoms with Crippen molar-refractivity contribution >= 4 is 12.3 Å². The SMILES string of the molecule is CC(C#N)C(=O)N1CCN(C=O)CC1. The van der Waals surface area contributed by atoms with Gasteiger partial charge < -0.3 is 9.80 Å². The number of amides is 2. The molecule has 1 aliphatic heterocycles. The maximum absolute atomic E-state index is 11.5. The fourth-order valence-corrected chi connectivity index (χ4v) is 1.38. The second kappa shape index (κ2) is 4.61. The number of hydrogen-bond acceptors (Lipinski definition) is 3. The van der Waals surface area contributed by atoms with Gasteiger partial charge in [-0.1, -0.05) is 0 Å². The molecule has 5 nitrogen and oxygen atoms in total. The summed E-state index contributed by atoms with van der Waals surface area (Å²) in [5, 5.41) is 8.57. The molecule has 14 heavy (non-hydrogen) atoms. The molecule has 0 aromatic heterocycles. The molecule has 0 saturated carbocycles. The molecule has 76 valence electrons. The first kappa shape index (κ1) is 10.5. The summed E-state index contributed by atoms with van der Waals surface area (Å²) in [6.45, 7) is 3.78. The molecular formula is C9H13N3O2. The zero-order chi connectivity index (χ0) is 10.6. The summed E-state index contributed by atoms with van der Waals surface area (Å²) in [5.74, 6) is -0.726. The first-order valence-electron chi connectivity index (χ1n) is 4.56. The van der Waals surface area contributed by atoms with Crippen LogP contribution in [0.4, 0.5) is 0 Å². The van der Waals surface area contributed by atoms with Crippen molar-refractivity contribution in [3.63, 3.8) is 0 Å². The summed E-state index contributed by atoms with van der Waals surface area (Å²) >= 11 is 0. The summed E-state index contributed by atoms with van der Waals surface area (Å²) in [6, 6.07) is 1.91. The smallest absolute Gasteiger partial charge is 0.239 e. The molecule has 1 rings (SSSR count). The number of piperazine rings is 1. The monoisotopic (exact) mass is 195 g/mol. The standard InChI is InChI=1S/C9H13N3O2/c1-8(6-10)9(14)12-4-2-11(7-13)3-5-12/h7-8H,2-5H2,1H3. The van der Waals surface area contributed by atoms with E-state index in [4.69, 9.17) is 5.26 Å². The highest BCUT2D eigenvalue weighted by molar-refractivity contribution is 5.81. The molecule has 0 spiro atoms. The highest BCUT2D eigenvalue weighted by Crippen LogP contribution is 2.05. The molecule has 1 aliphatic rings. The molecular weight excluding hydrogens is 182 g/mol. The predicted octanol–water partition coefficient (Wildman–Crippen LogP) is -0.553. The predicted molar refractivity (Wildman–Crippen MR) is 49.0 cm³/mol. The van der Waals surface area contributed by atoms with Crippen LogP contribution in [0.15, 0.2) is 0 Å². The summed E-state index contributed by atoms with van der Waals surface area (Å²) in [5.41, 5.74) is 0. The normalized spacial score (nSPS) is 18.6. The summed E-state index contributed by atoms with van der Waals surface area (Å²) in [6.07, 6.45) is 0.787. The summed E-state index contributed by atoms with van der Waals surface area (Å²) < 4.78 is 0. The molecule has 5 heteroatoms. The summed E-state index contributed by atoms with van der Waals surface area (Å²) in [7, 11) is 0. The molecule has 1 saturated heterocycles. The molecule has 2 amide bonds. The van der Waals surface area contributed by atoms with Crippen molar-refractivity contribution in [2.24, 2.45) is 5.92 Å². The minimum Gasteiger partial charge on any atom is -0.342 e. The first-order valence-corrected chi connectivity index (χ1v) is 4.56. The van der Waals surface area contributed by atoms with Gasteiger partial charge in [-0.2, -0.15) is 5.26 Å². The van der Waals surface area contributed by atoms with Gasteiger partial charge in [-0.25, -0.2) is 0 Å². The Balaban J connectivity index is 2.46. The van der Waals surface area contributed by atoms with Crippen LogP contribution in [0.3, 0.4) is 0 Å². The van der Waals surface area contributed by atoms with Crippen LogP contribution in [-0.4, -0.2) is 48.3 Å². The minimum absolute atomic E-state index is 0.141. The highest BCUT2D eigenvalue weighted by atomic mass is 16.2. The molecule has 0 aliphatic carbocycles. The molecule has 0 aromatic rings. The van der Waals surface area contributed by atoms with Gasteiger partial charge >= 0.3 is 0 Å². The van der Waals surface area contributed by atoms with E-state index in [2.05, 4.69) is 0 Å². The number of carbonyl (C=O) groups is 2. The number of nitriles is 1. The van der Waals surface area contributed by atoms with Crippen LogP contribution in [-0.2, 0) is 9.59 Å². The number of rotatable bonds is 2. The fourth-order valence-electron chi connectivity index (χ4n) is 1.38. The van der Waals surface area contributed by atoms with Gasteiger partial charge in [-0.3, -0.25) is 9.59 Å². The van der Waals surface area contributed by atoms with Crippen molar-refractivity contribution in [1.29, 1.82) is 5.26 Å². The van der Waals surface area contributed by atoms with E-state index in [-0.39, 0.29) is 5.91 Å². The van der Waals surface area contributed by atoms with Gasteiger partial charge in [-0.15, -0.1) is 0 Å².